The van der Waals surface area contributed by atoms with Gasteiger partial charge in [-0.3, -0.25) is 9.78 Å². The molecule has 0 spiro atoms. The molecule has 0 aromatic carbocycles. The summed E-state index contributed by atoms with van der Waals surface area (Å²) < 4.78 is 0. The van der Waals surface area contributed by atoms with Crippen molar-refractivity contribution in [2.45, 2.75) is 25.7 Å². The van der Waals surface area contributed by atoms with Crippen LogP contribution >= 0.6 is 0 Å². The van der Waals surface area contributed by atoms with Crippen LogP contribution in [-0.2, 0) is 4.79 Å². The minimum absolute atomic E-state index is 0.347. The molecule has 3 fully saturated rings. The van der Waals surface area contributed by atoms with E-state index in [1.807, 2.05) is 18.5 Å². The number of rotatable bonds is 2. The van der Waals surface area contributed by atoms with Crippen LogP contribution in [0.3, 0.4) is 0 Å². The molecular formula is C17H23N3O. The van der Waals surface area contributed by atoms with Gasteiger partial charge in [-0.1, -0.05) is 6.42 Å². The molecule has 112 valence electrons. The highest BCUT2D eigenvalue weighted by Gasteiger charge is 2.41. The fraction of sp³-hybridized carbons (Fsp3) is 0.647. The van der Waals surface area contributed by atoms with Crippen molar-refractivity contribution in [3.8, 4) is 0 Å². The molecule has 3 aliphatic rings. The normalized spacial score (nSPS) is 29.1. The van der Waals surface area contributed by atoms with E-state index in [9.17, 15) is 4.79 Å². The number of hydrogen-bond donors (Lipinski definition) is 0. The van der Waals surface area contributed by atoms with Crippen molar-refractivity contribution >= 4 is 11.6 Å². The summed E-state index contributed by atoms with van der Waals surface area (Å²) in [5.41, 5.74) is 1.22. The molecule has 2 saturated heterocycles. The van der Waals surface area contributed by atoms with E-state index >= 15 is 0 Å². The Kier molecular flexibility index (Phi) is 3.32. The molecule has 2 atom stereocenters. The number of carbonyl (C=O) groups excluding carboxylic acids is 1. The van der Waals surface area contributed by atoms with E-state index in [2.05, 4.69) is 20.9 Å². The lowest BCUT2D eigenvalue weighted by atomic mass is 9.84. The fourth-order valence-corrected chi connectivity index (χ4v) is 4.04. The molecule has 1 saturated carbocycles. The second kappa shape index (κ2) is 5.32. The van der Waals surface area contributed by atoms with Gasteiger partial charge in [-0.25, -0.2) is 0 Å². The van der Waals surface area contributed by atoms with Crippen molar-refractivity contribution in [2.75, 3.05) is 31.1 Å². The van der Waals surface area contributed by atoms with E-state index < -0.39 is 0 Å². The predicted octanol–water partition coefficient (Wildman–Crippen LogP) is 2.17. The van der Waals surface area contributed by atoms with Crippen LogP contribution in [0.4, 0.5) is 5.69 Å². The van der Waals surface area contributed by atoms with Crippen molar-refractivity contribution in [2.24, 2.45) is 17.8 Å². The molecule has 2 aliphatic heterocycles. The molecule has 4 heteroatoms. The summed E-state index contributed by atoms with van der Waals surface area (Å²) >= 11 is 0. The van der Waals surface area contributed by atoms with Crippen molar-refractivity contribution in [3.05, 3.63) is 24.5 Å². The first kappa shape index (κ1) is 13.1. The molecule has 0 bridgehead atoms. The Morgan fingerprint density at radius 3 is 2.71 bits per heavy atom. The van der Waals surface area contributed by atoms with Gasteiger partial charge in [0, 0.05) is 38.3 Å². The maximum absolute atomic E-state index is 12.4. The third-order valence-electron chi connectivity index (χ3n) is 5.58. The summed E-state index contributed by atoms with van der Waals surface area (Å²) in [5, 5.41) is 0. The number of likely N-dealkylation sites (tertiary alicyclic amines) is 1. The Bertz CT molecular complexity index is 514. The second-order valence-corrected chi connectivity index (χ2v) is 6.84. The minimum Gasteiger partial charge on any atom is -0.370 e. The van der Waals surface area contributed by atoms with Gasteiger partial charge in [0.05, 0.1) is 11.9 Å². The highest BCUT2D eigenvalue weighted by atomic mass is 16.2. The van der Waals surface area contributed by atoms with E-state index in [1.54, 1.807) is 0 Å². The van der Waals surface area contributed by atoms with Crippen LogP contribution in [0.2, 0.25) is 0 Å². The Labute approximate surface area is 126 Å². The molecule has 0 unspecified atom stereocenters. The van der Waals surface area contributed by atoms with Gasteiger partial charge in [-0.05, 0) is 43.2 Å². The lowest BCUT2D eigenvalue weighted by Gasteiger charge is -2.35. The van der Waals surface area contributed by atoms with Crippen molar-refractivity contribution in [3.63, 3.8) is 0 Å². The number of pyridine rings is 1. The van der Waals surface area contributed by atoms with E-state index in [0.717, 1.165) is 39.0 Å². The standard InChI is InChI=1S/C17H23N3O/c21-17(13-3-1-4-13)20-10-14-6-8-19(11-15(14)12-20)16-5-2-7-18-9-16/h2,5,7,9,13-15H,1,3-4,6,8,10-12H2/t14-,15+/m1/s1. The van der Waals surface area contributed by atoms with Crippen LogP contribution in [0.25, 0.3) is 0 Å². The number of nitrogens with zero attached hydrogens (tertiary/aromatic N) is 3. The van der Waals surface area contributed by atoms with Gasteiger partial charge in [-0.15, -0.1) is 0 Å². The minimum atomic E-state index is 0.347. The van der Waals surface area contributed by atoms with Crippen molar-refractivity contribution < 1.29 is 4.79 Å². The van der Waals surface area contributed by atoms with E-state index in [0.29, 0.717) is 23.7 Å². The molecule has 0 radical (unpaired) electrons. The van der Waals surface area contributed by atoms with Gasteiger partial charge in [0.2, 0.25) is 5.91 Å². The largest absolute Gasteiger partial charge is 0.370 e. The van der Waals surface area contributed by atoms with Crippen molar-refractivity contribution in [1.29, 1.82) is 0 Å². The zero-order valence-electron chi connectivity index (χ0n) is 12.4. The van der Waals surface area contributed by atoms with E-state index in [-0.39, 0.29) is 0 Å². The van der Waals surface area contributed by atoms with Crippen LogP contribution in [-0.4, -0.2) is 42.0 Å². The van der Waals surface area contributed by atoms with Gasteiger partial charge in [-0.2, -0.15) is 0 Å². The zero-order valence-corrected chi connectivity index (χ0v) is 12.4. The Morgan fingerprint density at radius 1 is 1.14 bits per heavy atom. The number of carbonyl (C=O) groups is 1. The fourth-order valence-electron chi connectivity index (χ4n) is 4.04. The van der Waals surface area contributed by atoms with E-state index in [4.69, 9.17) is 0 Å². The summed E-state index contributed by atoms with van der Waals surface area (Å²) in [6.07, 6.45) is 8.45. The highest BCUT2D eigenvalue weighted by molar-refractivity contribution is 5.80. The summed E-state index contributed by atoms with van der Waals surface area (Å²) in [7, 11) is 0. The monoisotopic (exact) mass is 285 g/mol. The Hall–Kier alpha value is -1.58. The van der Waals surface area contributed by atoms with Gasteiger partial charge < -0.3 is 9.80 Å². The quantitative estimate of drug-likeness (QED) is 0.835. The third-order valence-corrected chi connectivity index (χ3v) is 5.58. The number of hydrogen-bond acceptors (Lipinski definition) is 3. The zero-order chi connectivity index (χ0) is 14.2. The first-order chi connectivity index (χ1) is 10.3. The molecule has 4 nitrogen and oxygen atoms in total. The molecule has 0 N–H and O–H groups in total. The first-order valence-electron chi connectivity index (χ1n) is 8.25. The highest BCUT2D eigenvalue weighted by Crippen LogP contribution is 2.36. The molecule has 1 aliphatic carbocycles. The molecule has 1 aromatic heterocycles. The van der Waals surface area contributed by atoms with Crippen LogP contribution in [0, 0.1) is 17.8 Å². The molecule has 3 heterocycles. The number of piperidine rings is 1. The lowest BCUT2D eigenvalue weighted by molar-refractivity contribution is -0.137. The van der Waals surface area contributed by atoms with Gasteiger partial charge in [0.1, 0.15) is 0 Å². The number of aromatic nitrogens is 1. The maximum atomic E-state index is 12.4. The second-order valence-electron chi connectivity index (χ2n) is 6.84. The third kappa shape index (κ3) is 2.41. The Morgan fingerprint density at radius 2 is 2.00 bits per heavy atom. The average Bonchev–Trinajstić information content (AvgIpc) is 2.89. The number of anilines is 1. The first-order valence-corrected chi connectivity index (χ1v) is 8.25. The molecule has 1 aromatic rings. The number of amides is 1. The Balaban J connectivity index is 1.41. The smallest absolute Gasteiger partial charge is 0.225 e. The predicted molar refractivity (Wildman–Crippen MR) is 82.0 cm³/mol. The van der Waals surface area contributed by atoms with Gasteiger partial charge >= 0.3 is 0 Å². The topological polar surface area (TPSA) is 36.4 Å². The summed E-state index contributed by atoms with van der Waals surface area (Å²) in [6, 6.07) is 4.14. The van der Waals surface area contributed by atoms with Crippen molar-refractivity contribution in [1.82, 2.24) is 9.88 Å². The van der Waals surface area contributed by atoms with Crippen LogP contribution in [0.5, 0.6) is 0 Å². The molecule has 21 heavy (non-hydrogen) atoms. The number of fused-ring (bicyclic) bond motifs is 1. The molecule has 4 rings (SSSR count). The van der Waals surface area contributed by atoms with Gasteiger partial charge in [0.15, 0.2) is 0 Å². The average molecular weight is 285 g/mol. The summed E-state index contributed by atoms with van der Waals surface area (Å²) in [6.45, 7) is 4.14. The summed E-state index contributed by atoms with van der Waals surface area (Å²) in [4.78, 5) is 21.2. The van der Waals surface area contributed by atoms with Crippen LogP contribution in [0.1, 0.15) is 25.7 Å². The lowest BCUT2D eigenvalue weighted by Crippen LogP contribution is -2.40. The van der Waals surface area contributed by atoms with Gasteiger partial charge in [0.25, 0.3) is 0 Å². The molecule has 1 amide bonds. The van der Waals surface area contributed by atoms with E-state index in [1.165, 1.54) is 18.5 Å². The molecular weight excluding hydrogens is 262 g/mol. The van der Waals surface area contributed by atoms with Crippen LogP contribution in [0.15, 0.2) is 24.5 Å². The SMILES string of the molecule is O=C(C1CCC1)N1C[C@H]2CCN(c3cccnc3)C[C@H]2C1. The van der Waals surface area contributed by atoms with Crippen LogP contribution < -0.4 is 4.90 Å². The summed E-state index contributed by atoms with van der Waals surface area (Å²) in [5.74, 6) is 2.13. The maximum Gasteiger partial charge on any atom is 0.225 e.